The Hall–Kier alpha value is -1.50. The summed E-state index contributed by atoms with van der Waals surface area (Å²) in [5.41, 5.74) is 2.28. The maximum absolute atomic E-state index is 12.9. The average Bonchev–Trinajstić information content (AvgIpc) is 3.57. The Morgan fingerprint density at radius 2 is 1.48 bits per heavy atom. The van der Waals surface area contributed by atoms with Gasteiger partial charge in [0.2, 0.25) is 4.93 Å². The number of allylic oxidation sites excluding steroid dienone is 1. The predicted octanol–water partition coefficient (Wildman–Crippen LogP) is 0.628. The molecule has 0 bridgehead atoms. The van der Waals surface area contributed by atoms with Crippen LogP contribution in [0.1, 0.15) is 58.1 Å². The molecule has 0 aromatic heterocycles. The summed E-state index contributed by atoms with van der Waals surface area (Å²) in [5, 5.41) is 24.0. The molecule has 6 atom stereocenters. The van der Waals surface area contributed by atoms with Crippen LogP contribution in [0.3, 0.4) is 0 Å². The lowest BCUT2D eigenvalue weighted by Crippen LogP contribution is -2.70. The minimum atomic E-state index is -4.94. The van der Waals surface area contributed by atoms with Gasteiger partial charge in [-0.3, -0.25) is 0 Å². The summed E-state index contributed by atoms with van der Waals surface area (Å²) in [6.45, 7) is 8.40. The van der Waals surface area contributed by atoms with E-state index < -0.39 is 49.3 Å². The first-order valence-corrected chi connectivity index (χ1v) is 16.1. The normalized spacial score (nSPS) is 31.8. The van der Waals surface area contributed by atoms with Crippen LogP contribution < -0.4 is 18.6 Å². The fourth-order valence-corrected chi connectivity index (χ4v) is 9.14. The molecule has 0 radical (unpaired) electrons. The van der Waals surface area contributed by atoms with Crippen LogP contribution in [0.4, 0.5) is 0 Å². The molecule has 0 spiro atoms. The summed E-state index contributed by atoms with van der Waals surface area (Å²) < 4.78 is 46.4. The third kappa shape index (κ3) is 7.46. The Morgan fingerprint density at radius 1 is 1.00 bits per heavy atom. The van der Waals surface area contributed by atoms with E-state index in [-0.39, 0.29) is 6.10 Å². The average molecular weight is 597 g/mol. The van der Waals surface area contributed by atoms with Crippen molar-refractivity contribution in [3.05, 3.63) is 83.4 Å². The second kappa shape index (κ2) is 13.2. The van der Waals surface area contributed by atoms with Crippen molar-refractivity contribution in [1.82, 2.24) is 0 Å². The van der Waals surface area contributed by atoms with Crippen LogP contribution in [0.2, 0.25) is 0 Å². The molecule has 1 aliphatic carbocycles. The SMILES string of the molecule is COC1C(O)CCC(O)([S+](Cc2ccccc2)Cc2ccccc2)C1(C)C1(C)OC1CC=C(C)C.[O-][Cl+3]([O-])([O-])[O-]. The van der Waals surface area contributed by atoms with Gasteiger partial charge in [0.1, 0.15) is 22.5 Å². The molecule has 0 amide bonds. The van der Waals surface area contributed by atoms with Gasteiger partial charge in [-0.25, -0.2) is 18.6 Å². The number of rotatable bonds is 9. The second-order valence-corrected chi connectivity index (χ2v) is 14.1. The number of halogens is 1. The van der Waals surface area contributed by atoms with Crippen molar-refractivity contribution < 1.29 is 48.6 Å². The Bertz CT molecular complexity index is 1060. The van der Waals surface area contributed by atoms with Crippen LogP contribution in [-0.2, 0) is 31.9 Å². The number of epoxide rings is 1. The first-order chi connectivity index (χ1) is 18.7. The van der Waals surface area contributed by atoms with Crippen LogP contribution in [0.25, 0.3) is 0 Å². The maximum atomic E-state index is 12.9. The third-order valence-corrected chi connectivity index (χ3v) is 11.3. The molecule has 1 saturated heterocycles. The Balaban J connectivity index is 0.000000810. The summed E-state index contributed by atoms with van der Waals surface area (Å²) in [5.74, 6) is 1.53. The van der Waals surface area contributed by atoms with Crippen molar-refractivity contribution in [2.24, 2.45) is 5.41 Å². The minimum absolute atomic E-state index is 0.0178. The highest BCUT2D eigenvalue weighted by Crippen LogP contribution is 2.64. The molecule has 10 heteroatoms. The maximum Gasteiger partial charge on any atom is 0.237 e. The lowest BCUT2D eigenvalue weighted by atomic mass is 9.61. The van der Waals surface area contributed by atoms with E-state index in [9.17, 15) is 10.2 Å². The molecule has 222 valence electrons. The van der Waals surface area contributed by atoms with E-state index in [0.717, 1.165) is 17.9 Å². The molecule has 1 aliphatic heterocycles. The summed E-state index contributed by atoms with van der Waals surface area (Å²) >= 11 is 0. The lowest BCUT2D eigenvalue weighted by Gasteiger charge is -2.54. The predicted molar refractivity (Wildman–Crippen MR) is 144 cm³/mol. The molecular formula is C30H41ClO8S. The van der Waals surface area contributed by atoms with E-state index in [1.807, 2.05) is 12.1 Å². The van der Waals surface area contributed by atoms with Crippen LogP contribution in [-0.4, -0.2) is 46.2 Å². The number of aliphatic hydroxyl groups excluding tert-OH is 1. The largest absolute Gasteiger partial charge is 0.390 e. The van der Waals surface area contributed by atoms with Gasteiger partial charge < -0.3 is 19.7 Å². The van der Waals surface area contributed by atoms with Crippen molar-refractivity contribution in [1.29, 1.82) is 0 Å². The van der Waals surface area contributed by atoms with Gasteiger partial charge in [0.05, 0.1) is 18.3 Å². The smallest absolute Gasteiger partial charge is 0.237 e. The first-order valence-electron chi connectivity index (χ1n) is 13.3. The van der Waals surface area contributed by atoms with Crippen LogP contribution in [0, 0.1) is 15.7 Å². The van der Waals surface area contributed by atoms with Crippen molar-refractivity contribution in [2.45, 2.75) is 87.3 Å². The highest BCUT2D eigenvalue weighted by atomic mass is 35.7. The number of hydrogen-bond donors (Lipinski definition) is 2. The highest BCUT2D eigenvalue weighted by molar-refractivity contribution is 7.96. The van der Waals surface area contributed by atoms with E-state index in [2.05, 4.69) is 82.3 Å². The first kappa shape index (κ1) is 33.0. The van der Waals surface area contributed by atoms with E-state index in [0.29, 0.717) is 12.8 Å². The highest BCUT2D eigenvalue weighted by Gasteiger charge is 2.79. The van der Waals surface area contributed by atoms with Crippen LogP contribution in [0.15, 0.2) is 72.3 Å². The fourth-order valence-electron chi connectivity index (χ4n) is 6.04. The fraction of sp³-hybridized carbons (Fsp3) is 0.533. The molecule has 6 unspecified atom stereocenters. The molecule has 8 nitrogen and oxygen atoms in total. The van der Waals surface area contributed by atoms with E-state index in [1.165, 1.54) is 16.7 Å². The minimum Gasteiger partial charge on any atom is -0.390 e. The van der Waals surface area contributed by atoms with Gasteiger partial charge in [0.15, 0.2) is 0 Å². The molecule has 4 rings (SSSR count). The van der Waals surface area contributed by atoms with Gasteiger partial charge >= 0.3 is 0 Å². The number of aliphatic hydroxyl groups is 2. The number of ether oxygens (including phenoxy) is 2. The van der Waals surface area contributed by atoms with E-state index in [4.69, 9.17) is 28.1 Å². The molecule has 1 saturated carbocycles. The number of hydrogen-bond acceptors (Lipinski definition) is 8. The van der Waals surface area contributed by atoms with Crippen LogP contribution in [0.5, 0.6) is 0 Å². The third-order valence-electron chi connectivity index (χ3n) is 8.32. The van der Waals surface area contributed by atoms with Gasteiger partial charge in [-0.1, -0.05) is 72.3 Å². The van der Waals surface area contributed by atoms with E-state index in [1.54, 1.807) is 7.11 Å². The van der Waals surface area contributed by atoms with Crippen molar-refractivity contribution in [3.63, 3.8) is 0 Å². The lowest BCUT2D eigenvalue weighted by molar-refractivity contribution is -2.00. The zero-order valence-electron chi connectivity index (χ0n) is 23.7. The molecule has 2 aromatic rings. The van der Waals surface area contributed by atoms with Crippen LogP contribution >= 0.6 is 0 Å². The summed E-state index contributed by atoms with van der Waals surface area (Å²) in [6.07, 6.45) is 2.83. The van der Waals surface area contributed by atoms with Crippen molar-refractivity contribution in [2.75, 3.05) is 7.11 Å². The number of methoxy groups -OCH3 is 1. The molecule has 2 aliphatic rings. The monoisotopic (exact) mass is 596 g/mol. The van der Waals surface area contributed by atoms with Gasteiger partial charge in [0, 0.05) is 35.6 Å². The molecule has 2 N–H and O–H groups in total. The molecule has 2 fully saturated rings. The Morgan fingerprint density at radius 3 is 1.90 bits per heavy atom. The van der Waals surface area contributed by atoms with Gasteiger partial charge in [-0.2, -0.15) is 0 Å². The number of benzene rings is 2. The Kier molecular flexibility index (Phi) is 10.9. The van der Waals surface area contributed by atoms with Crippen molar-refractivity contribution >= 4 is 10.9 Å². The summed E-state index contributed by atoms with van der Waals surface area (Å²) in [7, 11) is -3.74. The second-order valence-electron chi connectivity index (χ2n) is 11.1. The zero-order valence-corrected chi connectivity index (χ0v) is 25.3. The summed E-state index contributed by atoms with van der Waals surface area (Å²) in [6, 6.07) is 20.9. The quantitative estimate of drug-likeness (QED) is 0.243. The zero-order chi connectivity index (χ0) is 29.8. The van der Waals surface area contributed by atoms with Gasteiger partial charge in [0.25, 0.3) is 0 Å². The molecule has 40 heavy (non-hydrogen) atoms. The van der Waals surface area contributed by atoms with Gasteiger partial charge in [-0.05, 0) is 40.5 Å². The van der Waals surface area contributed by atoms with Crippen molar-refractivity contribution in [3.8, 4) is 0 Å². The topological polar surface area (TPSA) is 154 Å². The summed E-state index contributed by atoms with van der Waals surface area (Å²) in [4.78, 5) is -1.08. The van der Waals surface area contributed by atoms with E-state index >= 15 is 0 Å². The Labute approximate surface area is 242 Å². The molecular weight excluding hydrogens is 556 g/mol. The standard InChI is InChI=1S/C30H41O4S.ClHO4/c1-22(2)16-17-26-29(4,34-26)28(3)27(33-5)25(31)18-19-30(28,32)35(20-23-12-8-6-9-13-23)21-24-14-10-7-11-15-24;2-1(3,4)5/h6-16,25-27,31-32H,17-21H2,1-5H3;(H,2,3,4,5)/q+1;/p-1. The molecule has 1 heterocycles. The van der Waals surface area contributed by atoms with Gasteiger partial charge in [-0.15, -0.1) is 10.2 Å². The molecule has 2 aromatic carbocycles.